The fraction of sp³-hybridized carbons (Fsp3) is 0.800. The second-order valence-corrected chi connectivity index (χ2v) is 4.59. The first kappa shape index (κ1) is 8.48. The Hall–Kier alpha value is -0.620. The van der Waals surface area contributed by atoms with Crippen LogP contribution in [0, 0.1) is 0 Å². The molecule has 1 atom stereocenters. The number of amides is 1. The molecule has 0 bridgehead atoms. The zero-order valence-corrected chi connectivity index (χ0v) is 6.63. The summed E-state index contributed by atoms with van der Waals surface area (Å²) in [6.07, 6.45) is -0.209. The SMILES string of the molecule is NC(=O)CS(=O)(=O)CC1CO1. The van der Waals surface area contributed by atoms with E-state index >= 15 is 0 Å². The summed E-state index contributed by atoms with van der Waals surface area (Å²) in [6.45, 7) is 0.470. The van der Waals surface area contributed by atoms with Crippen molar-refractivity contribution in [3.05, 3.63) is 0 Å². The van der Waals surface area contributed by atoms with Crippen molar-refractivity contribution in [1.29, 1.82) is 0 Å². The fourth-order valence-electron chi connectivity index (χ4n) is 0.723. The molecule has 5 nitrogen and oxygen atoms in total. The van der Waals surface area contributed by atoms with Gasteiger partial charge in [0.15, 0.2) is 9.84 Å². The average molecular weight is 179 g/mol. The molecule has 0 aromatic rings. The van der Waals surface area contributed by atoms with E-state index in [0.717, 1.165) is 0 Å². The van der Waals surface area contributed by atoms with Gasteiger partial charge in [0.05, 0.1) is 18.5 Å². The van der Waals surface area contributed by atoms with Crippen molar-refractivity contribution < 1.29 is 17.9 Å². The number of nitrogens with two attached hydrogens (primary N) is 1. The quantitative estimate of drug-likeness (QED) is 0.520. The van der Waals surface area contributed by atoms with Crippen LogP contribution < -0.4 is 5.73 Å². The van der Waals surface area contributed by atoms with Gasteiger partial charge in [-0.25, -0.2) is 8.42 Å². The number of hydrogen-bond acceptors (Lipinski definition) is 4. The normalized spacial score (nSPS) is 23.1. The Labute approximate surface area is 64.4 Å². The number of rotatable bonds is 4. The van der Waals surface area contributed by atoms with Crippen molar-refractivity contribution in [2.75, 3.05) is 18.1 Å². The van der Waals surface area contributed by atoms with Gasteiger partial charge in [0.25, 0.3) is 0 Å². The molecule has 0 aliphatic carbocycles. The minimum Gasteiger partial charge on any atom is -0.372 e. The molecule has 1 amide bonds. The van der Waals surface area contributed by atoms with Crippen molar-refractivity contribution >= 4 is 15.7 Å². The van der Waals surface area contributed by atoms with Gasteiger partial charge in [0, 0.05) is 0 Å². The summed E-state index contributed by atoms with van der Waals surface area (Å²) in [5, 5.41) is 0. The zero-order chi connectivity index (χ0) is 8.48. The van der Waals surface area contributed by atoms with E-state index in [1.54, 1.807) is 0 Å². The first-order valence-electron chi connectivity index (χ1n) is 3.10. The molecule has 1 aliphatic heterocycles. The Balaban J connectivity index is 2.44. The van der Waals surface area contributed by atoms with Crippen LogP contribution in [0.4, 0.5) is 0 Å². The fourth-order valence-corrected chi connectivity index (χ4v) is 2.03. The monoisotopic (exact) mass is 179 g/mol. The average Bonchev–Trinajstić information content (AvgIpc) is 2.43. The molecule has 6 heteroatoms. The predicted molar refractivity (Wildman–Crippen MR) is 37.6 cm³/mol. The van der Waals surface area contributed by atoms with Crippen molar-refractivity contribution in [3.63, 3.8) is 0 Å². The van der Waals surface area contributed by atoms with Crippen molar-refractivity contribution in [2.24, 2.45) is 5.73 Å². The summed E-state index contributed by atoms with van der Waals surface area (Å²) in [5.41, 5.74) is 4.72. The number of carbonyl (C=O) groups excluding carboxylic acids is 1. The standard InChI is InChI=1S/C5H9NO4S/c6-5(7)3-11(8,9)2-4-1-10-4/h4H,1-3H2,(H2,6,7). The van der Waals surface area contributed by atoms with Gasteiger partial charge in [-0.2, -0.15) is 0 Å². The van der Waals surface area contributed by atoms with E-state index in [9.17, 15) is 13.2 Å². The lowest BCUT2D eigenvalue weighted by molar-refractivity contribution is -0.115. The highest BCUT2D eigenvalue weighted by molar-refractivity contribution is 7.92. The molecule has 1 saturated heterocycles. The maximum absolute atomic E-state index is 10.9. The number of primary amides is 1. The van der Waals surface area contributed by atoms with Crippen LogP contribution in [-0.4, -0.2) is 38.5 Å². The van der Waals surface area contributed by atoms with Gasteiger partial charge in [-0.3, -0.25) is 4.79 Å². The predicted octanol–water partition coefficient (Wildman–Crippen LogP) is -1.71. The van der Waals surface area contributed by atoms with E-state index < -0.39 is 21.5 Å². The highest BCUT2D eigenvalue weighted by Gasteiger charge is 2.29. The third-order valence-corrected chi connectivity index (χ3v) is 2.81. The van der Waals surface area contributed by atoms with Gasteiger partial charge in [-0.15, -0.1) is 0 Å². The molecule has 1 unspecified atom stereocenters. The number of carbonyl (C=O) groups is 1. The molecule has 1 fully saturated rings. The second kappa shape index (κ2) is 2.78. The molecule has 2 N–H and O–H groups in total. The Morgan fingerprint density at radius 1 is 1.64 bits per heavy atom. The molecule has 1 rings (SSSR count). The maximum Gasteiger partial charge on any atom is 0.232 e. The lowest BCUT2D eigenvalue weighted by Gasteiger charge is -1.96. The first-order chi connectivity index (χ1) is 4.99. The first-order valence-corrected chi connectivity index (χ1v) is 4.92. The largest absolute Gasteiger partial charge is 0.372 e. The molecule has 1 aliphatic rings. The van der Waals surface area contributed by atoms with E-state index in [-0.39, 0.29) is 11.9 Å². The summed E-state index contributed by atoms with van der Waals surface area (Å²) in [4.78, 5) is 10.2. The molecule has 0 radical (unpaired) electrons. The van der Waals surface area contributed by atoms with Gasteiger partial charge in [0.1, 0.15) is 5.75 Å². The maximum atomic E-state index is 10.9. The topological polar surface area (TPSA) is 89.8 Å². The van der Waals surface area contributed by atoms with E-state index in [1.165, 1.54) is 0 Å². The van der Waals surface area contributed by atoms with Crippen LogP contribution in [0.1, 0.15) is 0 Å². The Kier molecular flexibility index (Phi) is 2.15. The van der Waals surface area contributed by atoms with Crippen LogP contribution in [0.25, 0.3) is 0 Å². The molecule has 11 heavy (non-hydrogen) atoms. The number of hydrogen-bond donors (Lipinski definition) is 1. The number of sulfone groups is 1. The van der Waals surface area contributed by atoms with Gasteiger partial charge in [-0.1, -0.05) is 0 Å². The van der Waals surface area contributed by atoms with Gasteiger partial charge >= 0.3 is 0 Å². The molecule has 0 aromatic carbocycles. The highest BCUT2D eigenvalue weighted by Crippen LogP contribution is 2.11. The van der Waals surface area contributed by atoms with Gasteiger partial charge in [-0.05, 0) is 0 Å². The van der Waals surface area contributed by atoms with Crippen molar-refractivity contribution in [1.82, 2.24) is 0 Å². The number of epoxide rings is 1. The van der Waals surface area contributed by atoms with Crippen LogP contribution in [0.2, 0.25) is 0 Å². The Bertz CT molecular complexity index is 254. The van der Waals surface area contributed by atoms with Gasteiger partial charge < -0.3 is 10.5 Å². The minimum absolute atomic E-state index is 0.0874. The van der Waals surface area contributed by atoms with Crippen LogP contribution in [0.15, 0.2) is 0 Å². The molecular weight excluding hydrogens is 170 g/mol. The molecule has 0 saturated carbocycles. The van der Waals surface area contributed by atoms with E-state index in [2.05, 4.69) is 0 Å². The minimum atomic E-state index is -3.32. The summed E-state index contributed by atoms with van der Waals surface area (Å²) in [5.74, 6) is -1.48. The molecule has 1 heterocycles. The lowest BCUT2D eigenvalue weighted by atomic mass is 10.6. The van der Waals surface area contributed by atoms with Crippen LogP contribution in [0.5, 0.6) is 0 Å². The van der Waals surface area contributed by atoms with Crippen LogP contribution in [0.3, 0.4) is 0 Å². The van der Waals surface area contributed by atoms with E-state index in [4.69, 9.17) is 10.5 Å². The molecule has 64 valence electrons. The number of ether oxygens (including phenoxy) is 1. The molecule has 0 spiro atoms. The second-order valence-electron chi connectivity index (χ2n) is 2.48. The van der Waals surface area contributed by atoms with Gasteiger partial charge in [0.2, 0.25) is 5.91 Å². The smallest absolute Gasteiger partial charge is 0.232 e. The van der Waals surface area contributed by atoms with Crippen molar-refractivity contribution in [3.8, 4) is 0 Å². The Morgan fingerprint density at radius 2 is 2.18 bits per heavy atom. The van der Waals surface area contributed by atoms with E-state index in [0.29, 0.717) is 6.61 Å². The molecular formula is C5H9NO4S. The summed E-state index contributed by atoms with van der Waals surface area (Å²) < 4.78 is 26.5. The van der Waals surface area contributed by atoms with Crippen molar-refractivity contribution in [2.45, 2.75) is 6.10 Å². The molecule has 0 aromatic heterocycles. The Morgan fingerprint density at radius 3 is 2.55 bits per heavy atom. The lowest BCUT2D eigenvalue weighted by Crippen LogP contribution is -2.26. The third kappa shape index (κ3) is 3.33. The summed E-state index contributed by atoms with van der Waals surface area (Å²) in [6, 6.07) is 0. The third-order valence-electron chi connectivity index (χ3n) is 1.20. The highest BCUT2D eigenvalue weighted by atomic mass is 32.2. The summed E-state index contributed by atoms with van der Waals surface area (Å²) in [7, 11) is -3.32. The summed E-state index contributed by atoms with van der Waals surface area (Å²) >= 11 is 0. The van der Waals surface area contributed by atoms with Crippen LogP contribution in [-0.2, 0) is 19.4 Å². The zero-order valence-electron chi connectivity index (χ0n) is 5.82. The van der Waals surface area contributed by atoms with Crippen LogP contribution >= 0.6 is 0 Å². The van der Waals surface area contributed by atoms with E-state index in [1.807, 2.05) is 0 Å².